The Morgan fingerprint density at radius 2 is 2.33 bits per heavy atom. The zero-order chi connectivity index (χ0) is 10.8. The van der Waals surface area contributed by atoms with E-state index in [-0.39, 0.29) is 11.7 Å². The maximum Gasteiger partial charge on any atom is 0.168 e. The van der Waals surface area contributed by atoms with Gasteiger partial charge in [0.1, 0.15) is 0 Å². The second kappa shape index (κ2) is 4.58. The van der Waals surface area contributed by atoms with Crippen LogP contribution >= 0.6 is 27.7 Å². The first kappa shape index (κ1) is 11.0. The van der Waals surface area contributed by atoms with Gasteiger partial charge in [0.05, 0.1) is 0 Å². The van der Waals surface area contributed by atoms with Crippen LogP contribution in [0.2, 0.25) is 0 Å². The fourth-order valence-electron chi connectivity index (χ4n) is 1.72. The molecule has 2 nitrogen and oxygen atoms in total. The summed E-state index contributed by atoms with van der Waals surface area (Å²) in [6, 6.07) is 5.46. The molecule has 1 fully saturated rings. The second-order valence-electron chi connectivity index (χ2n) is 3.66. The lowest BCUT2D eigenvalue weighted by Crippen LogP contribution is -2.15. The van der Waals surface area contributed by atoms with Gasteiger partial charge in [-0.1, -0.05) is 15.9 Å². The number of carbonyl (C=O) groups excluding carboxylic acids is 1. The molecule has 1 unspecified atom stereocenters. The lowest BCUT2D eigenvalue weighted by molar-refractivity contribution is 0.0934. The third-order valence-electron chi connectivity index (χ3n) is 2.58. The summed E-state index contributed by atoms with van der Waals surface area (Å²) in [4.78, 5) is 12.1. The van der Waals surface area contributed by atoms with Crippen LogP contribution in [-0.2, 0) is 0 Å². The van der Waals surface area contributed by atoms with Crippen molar-refractivity contribution in [2.45, 2.75) is 6.42 Å². The van der Waals surface area contributed by atoms with E-state index in [2.05, 4.69) is 15.9 Å². The molecule has 1 aromatic carbocycles. The summed E-state index contributed by atoms with van der Waals surface area (Å²) in [7, 11) is 0. The Labute approximate surface area is 102 Å². The largest absolute Gasteiger partial charge is 0.398 e. The number of carbonyl (C=O) groups is 1. The van der Waals surface area contributed by atoms with Gasteiger partial charge in [-0.25, -0.2) is 0 Å². The molecular formula is C11H12BrNOS. The average molecular weight is 286 g/mol. The molecule has 4 heteroatoms. The van der Waals surface area contributed by atoms with Crippen LogP contribution < -0.4 is 5.73 Å². The number of anilines is 1. The van der Waals surface area contributed by atoms with Crippen LogP contribution in [0.5, 0.6) is 0 Å². The highest BCUT2D eigenvalue weighted by Gasteiger charge is 2.25. The summed E-state index contributed by atoms with van der Waals surface area (Å²) >= 11 is 5.18. The molecule has 0 bridgehead atoms. The zero-order valence-corrected chi connectivity index (χ0v) is 10.6. The van der Waals surface area contributed by atoms with Crippen molar-refractivity contribution < 1.29 is 4.79 Å². The quantitative estimate of drug-likeness (QED) is 0.671. The molecule has 0 aliphatic carbocycles. The topological polar surface area (TPSA) is 43.1 Å². The van der Waals surface area contributed by atoms with Gasteiger partial charge in [-0.05, 0) is 30.4 Å². The number of rotatable bonds is 2. The molecule has 2 rings (SSSR count). The van der Waals surface area contributed by atoms with Crippen LogP contribution in [0.15, 0.2) is 22.7 Å². The lowest BCUT2D eigenvalue weighted by Gasteiger charge is -2.09. The van der Waals surface area contributed by atoms with E-state index in [1.807, 2.05) is 23.9 Å². The summed E-state index contributed by atoms with van der Waals surface area (Å²) < 4.78 is 0.914. The Bertz CT molecular complexity index is 388. The van der Waals surface area contributed by atoms with Crippen molar-refractivity contribution in [3.05, 3.63) is 28.2 Å². The van der Waals surface area contributed by atoms with Gasteiger partial charge >= 0.3 is 0 Å². The summed E-state index contributed by atoms with van der Waals surface area (Å²) in [6.07, 6.45) is 0.985. The Morgan fingerprint density at radius 1 is 1.53 bits per heavy atom. The van der Waals surface area contributed by atoms with Gasteiger partial charge in [-0.2, -0.15) is 11.8 Å². The number of hydrogen-bond donors (Lipinski definition) is 1. The monoisotopic (exact) mass is 285 g/mol. The van der Waals surface area contributed by atoms with Gasteiger partial charge in [0.15, 0.2) is 5.78 Å². The van der Waals surface area contributed by atoms with Gasteiger partial charge in [0.25, 0.3) is 0 Å². The van der Waals surface area contributed by atoms with E-state index in [0.29, 0.717) is 11.3 Å². The van der Waals surface area contributed by atoms with Crippen molar-refractivity contribution in [3.8, 4) is 0 Å². The van der Waals surface area contributed by atoms with Crippen LogP contribution in [0.3, 0.4) is 0 Å². The molecule has 15 heavy (non-hydrogen) atoms. The predicted molar refractivity (Wildman–Crippen MR) is 68.3 cm³/mol. The predicted octanol–water partition coefficient (Wildman–Crippen LogP) is 2.97. The smallest absolute Gasteiger partial charge is 0.168 e. The van der Waals surface area contributed by atoms with Crippen LogP contribution in [0.4, 0.5) is 5.69 Å². The van der Waals surface area contributed by atoms with Crippen LogP contribution in [0, 0.1) is 5.92 Å². The second-order valence-corrected chi connectivity index (χ2v) is 5.72. The average Bonchev–Trinajstić information content (AvgIpc) is 2.69. The van der Waals surface area contributed by atoms with E-state index in [4.69, 9.17) is 5.73 Å². The van der Waals surface area contributed by atoms with E-state index in [1.165, 1.54) is 0 Å². The summed E-state index contributed by atoms with van der Waals surface area (Å²) in [5, 5.41) is 0. The van der Waals surface area contributed by atoms with Crippen molar-refractivity contribution in [1.82, 2.24) is 0 Å². The van der Waals surface area contributed by atoms with Crippen molar-refractivity contribution in [2.75, 3.05) is 17.2 Å². The number of hydrogen-bond acceptors (Lipinski definition) is 3. The van der Waals surface area contributed by atoms with Crippen molar-refractivity contribution in [3.63, 3.8) is 0 Å². The fourth-order valence-corrected chi connectivity index (χ4v) is 3.32. The highest BCUT2D eigenvalue weighted by Crippen LogP contribution is 2.29. The van der Waals surface area contributed by atoms with E-state index < -0.39 is 0 Å². The Kier molecular flexibility index (Phi) is 3.36. The summed E-state index contributed by atoms with van der Waals surface area (Å²) in [5.41, 5.74) is 7.08. The molecule has 1 aromatic rings. The zero-order valence-electron chi connectivity index (χ0n) is 8.20. The number of nitrogen functional groups attached to an aromatic ring is 1. The first-order valence-corrected chi connectivity index (χ1v) is 6.80. The maximum atomic E-state index is 12.1. The number of ketones is 1. The first-order chi connectivity index (χ1) is 7.18. The Morgan fingerprint density at radius 3 is 2.93 bits per heavy atom. The molecule has 0 aromatic heterocycles. The number of thioether (sulfide) groups is 1. The molecule has 2 N–H and O–H groups in total. The molecule has 1 atom stereocenters. The molecule has 1 heterocycles. The van der Waals surface area contributed by atoms with Crippen LogP contribution in [0.1, 0.15) is 16.8 Å². The van der Waals surface area contributed by atoms with Crippen molar-refractivity contribution in [2.24, 2.45) is 5.92 Å². The number of Topliss-reactive ketones (excluding diaryl/α,β-unsaturated/α-hetero) is 1. The van der Waals surface area contributed by atoms with Gasteiger partial charge in [-0.3, -0.25) is 4.79 Å². The minimum atomic E-state index is 0.165. The van der Waals surface area contributed by atoms with Gasteiger partial charge in [0, 0.05) is 27.4 Å². The lowest BCUT2D eigenvalue weighted by atomic mass is 9.96. The SMILES string of the molecule is Nc1cc(Br)ccc1C(=O)C1CCSC1. The molecule has 0 amide bonds. The van der Waals surface area contributed by atoms with Crippen LogP contribution in [0.25, 0.3) is 0 Å². The Balaban J connectivity index is 2.24. The molecule has 0 saturated carbocycles. The minimum absolute atomic E-state index is 0.165. The Hall–Kier alpha value is -0.480. The maximum absolute atomic E-state index is 12.1. The molecular weight excluding hydrogens is 274 g/mol. The molecule has 1 saturated heterocycles. The number of nitrogens with two attached hydrogens (primary N) is 1. The fraction of sp³-hybridized carbons (Fsp3) is 0.364. The highest BCUT2D eigenvalue weighted by atomic mass is 79.9. The van der Waals surface area contributed by atoms with E-state index in [0.717, 1.165) is 22.4 Å². The standard InChI is InChI=1S/C11H12BrNOS/c12-8-1-2-9(10(13)5-8)11(14)7-3-4-15-6-7/h1-2,5,7H,3-4,6,13H2. The van der Waals surface area contributed by atoms with E-state index in [9.17, 15) is 4.79 Å². The van der Waals surface area contributed by atoms with E-state index in [1.54, 1.807) is 6.07 Å². The molecule has 1 aliphatic heterocycles. The van der Waals surface area contributed by atoms with Crippen LogP contribution in [-0.4, -0.2) is 17.3 Å². The van der Waals surface area contributed by atoms with E-state index >= 15 is 0 Å². The summed E-state index contributed by atoms with van der Waals surface area (Å²) in [5.74, 6) is 2.39. The third kappa shape index (κ3) is 2.37. The van der Waals surface area contributed by atoms with Crippen molar-refractivity contribution in [1.29, 1.82) is 0 Å². The third-order valence-corrected chi connectivity index (χ3v) is 4.24. The molecule has 1 aliphatic rings. The summed E-state index contributed by atoms with van der Waals surface area (Å²) in [6.45, 7) is 0. The minimum Gasteiger partial charge on any atom is -0.398 e. The van der Waals surface area contributed by atoms with Gasteiger partial charge in [0.2, 0.25) is 0 Å². The van der Waals surface area contributed by atoms with Gasteiger partial charge < -0.3 is 5.73 Å². The molecule has 0 radical (unpaired) electrons. The highest BCUT2D eigenvalue weighted by molar-refractivity contribution is 9.10. The van der Waals surface area contributed by atoms with Gasteiger partial charge in [-0.15, -0.1) is 0 Å². The first-order valence-electron chi connectivity index (χ1n) is 4.85. The molecule has 80 valence electrons. The normalized spacial score (nSPS) is 20.5. The molecule has 0 spiro atoms. The number of halogens is 1. The number of benzene rings is 1. The van der Waals surface area contributed by atoms with Crippen molar-refractivity contribution >= 4 is 39.2 Å².